The predicted octanol–water partition coefficient (Wildman–Crippen LogP) is 5.68. The Morgan fingerprint density at radius 2 is 0.812 bits per heavy atom. The molecule has 0 aromatic carbocycles. The molecule has 0 aliphatic heterocycles. The SMILES string of the molecule is CCCCC(C(=O)O)C(CCCC)C(=O)O.CCCCCCCCCC(C(=O)O)C(=O)O. The lowest BCUT2D eigenvalue weighted by Gasteiger charge is -2.19. The lowest BCUT2D eigenvalue weighted by Crippen LogP contribution is -2.29. The van der Waals surface area contributed by atoms with Crippen molar-refractivity contribution < 1.29 is 39.6 Å². The van der Waals surface area contributed by atoms with Crippen molar-refractivity contribution in [1.82, 2.24) is 0 Å². The van der Waals surface area contributed by atoms with E-state index in [0.717, 1.165) is 38.5 Å². The van der Waals surface area contributed by atoms with Gasteiger partial charge in [-0.3, -0.25) is 19.2 Å². The second-order valence-corrected chi connectivity index (χ2v) is 8.31. The highest BCUT2D eigenvalue weighted by atomic mass is 16.4. The minimum absolute atomic E-state index is 0.248. The van der Waals surface area contributed by atoms with Gasteiger partial charge in [0.25, 0.3) is 0 Å². The quantitative estimate of drug-likeness (QED) is 0.142. The number of hydrogen-bond acceptors (Lipinski definition) is 4. The van der Waals surface area contributed by atoms with Crippen LogP contribution in [0.5, 0.6) is 0 Å². The van der Waals surface area contributed by atoms with Gasteiger partial charge in [0.15, 0.2) is 5.92 Å². The zero-order valence-electron chi connectivity index (χ0n) is 20.1. The first-order valence-electron chi connectivity index (χ1n) is 12.0. The summed E-state index contributed by atoms with van der Waals surface area (Å²) in [5.74, 6) is -7.09. The van der Waals surface area contributed by atoms with Crippen LogP contribution in [0.3, 0.4) is 0 Å². The van der Waals surface area contributed by atoms with Gasteiger partial charge in [-0.1, -0.05) is 91.4 Å². The highest BCUT2D eigenvalue weighted by Gasteiger charge is 2.32. The first kappa shape index (κ1) is 32.1. The van der Waals surface area contributed by atoms with Gasteiger partial charge in [-0.15, -0.1) is 0 Å². The van der Waals surface area contributed by atoms with E-state index < -0.39 is 41.6 Å². The molecule has 0 bridgehead atoms. The van der Waals surface area contributed by atoms with Crippen LogP contribution in [0.25, 0.3) is 0 Å². The molecule has 0 spiro atoms. The molecule has 0 aromatic rings. The van der Waals surface area contributed by atoms with E-state index in [1.807, 2.05) is 13.8 Å². The van der Waals surface area contributed by atoms with Gasteiger partial charge in [-0.05, 0) is 19.3 Å². The van der Waals surface area contributed by atoms with Gasteiger partial charge in [0.1, 0.15) is 0 Å². The highest BCUT2D eigenvalue weighted by Crippen LogP contribution is 2.24. The molecule has 188 valence electrons. The van der Waals surface area contributed by atoms with E-state index in [9.17, 15) is 19.2 Å². The van der Waals surface area contributed by atoms with Crippen molar-refractivity contribution in [2.45, 2.75) is 111 Å². The Hall–Kier alpha value is -2.12. The molecule has 2 atom stereocenters. The van der Waals surface area contributed by atoms with Gasteiger partial charge in [0.2, 0.25) is 0 Å². The van der Waals surface area contributed by atoms with Crippen molar-refractivity contribution in [1.29, 1.82) is 0 Å². The summed E-state index contributed by atoms with van der Waals surface area (Å²) in [6, 6.07) is 0. The van der Waals surface area contributed by atoms with Gasteiger partial charge in [-0.25, -0.2) is 0 Å². The van der Waals surface area contributed by atoms with E-state index in [4.69, 9.17) is 20.4 Å². The molecular formula is C24H44O8. The number of hydrogen-bond donors (Lipinski definition) is 4. The van der Waals surface area contributed by atoms with Crippen LogP contribution in [0.1, 0.15) is 111 Å². The Kier molecular flexibility index (Phi) is 20.8. The molecule has 0 radical (unpaired) electrons. The molecule has 0 fully saturated rings. The molecule has 0 aliphatic carbocycles. The number of aliphatic carboxylic acids is 4. The molecule has 4 N–H and O–H groups in total. The normalized spacial score (nSPS) is 12.5. The zero-order chi connectivity index (χ0) is 24.9. The lowest BCUT2D eigenvalue weighted by atomic mass is 9.84. The van der Waals surface area contributed by atoms with Gasteiger partial charge < -0.3 is 20.4 Å². The number of carboxylic acid groups (broad SMARTS) is 4. The summed E-state index contributed by atoms with van der Waals surface area (Å²) in [7, 11) is 0. The summed E-state index contributed by atoms with van der Waals surface area (Å²) in [6.45, 7) is 6.10. The van der Waals surface area contributed by atoms with Crippen LogP contribution in [-0.2, 0) is 19.2 Å². The molecule has 0 rings (SSSR count). The second-order valence-electron chi connectivity index (χ2n) is 8.31. The Morgan fingerprint density at radius 1 is 0.469 bits per heavy atom. The van der Waals surface area contributed by atoms with Gasteiger partial charge in [0, 0.05) is 0 Å². The van der Waals surface area contributed by atoms with Crippen LogP contribution in [0.2, 0.25) is 0 Å². The van der Waals surface area contributed by atoms with Crippen molar-refractivity contribution in [3.05, 3.63) is 0 Å². The molecule has 0 saturated heterocycles. The first-order chi connectivity index (χ1) is 15.1. The number of rotatable bonds is 19. The average molecular weight is 461 g/mol. The van der Waals surface area contributed by atoms with Crippen LogP contribution in [-0.4, -0.2) is 44.3 Å². The molecule has 8 heteroatoms. The Morgan fingerprint density at radius 3 is 1.12 bits per heavy atom. The summed E-state index contributed by atoms with van der Waals surface area (Å²) < 4.78 is 0. The van der Waals surface area contributed by atoms with E-state index in [1.54, 1.807) is 0 Å². The maximum absolute atomic E-state index is 11.1. The number of carboxylic acids is 4. The van der Waals surface area contributed by atoms with E-state index >= 15 is 0 Å². The number of carbonyl (C=O) groups is 4. The summed E-state index contributed by atoms with van der Waals surface area (Å²) in [5.41, 5.74) is 0. The molecule has 0 saturated carbocycles. The molecule has 0 aromatic heterocycles. The summed E-state index contributed by atoms with van der Waals surface area (Å²) in [6.07, 6.45) is 12.0. The third-order valence-electron chi connectivity index (χ3n) is 5.55. The molecule has 0 amide bonds. The summed E-state index contributed by atoms with van der Waals surface area (Å²) in [4.78, 5) is 43.2. The maximum atomic E-state index is 11.1. The van der Waals surface area contributed by atoms with Crippen molar-refractivity contribution in [3.8, 4) is 0 Å². The molecule has 32 heavy (non-hydrogen) atoms. The van der Waals surface area contributed by atoms with Gasteiger partial charge in [-0.2, -0.15) is 0 Å². The minimum Gasteiger partial charge on any atom is -0.481 e. The minimum atomic E-state index is -1.23. The van der Waals surface area contributed by atoms with Gasteiger partial charge in [0.05, 0.1) is 11.8 Å². The average Bonchev–Trinajstić information content (AvgIpc) is 2.71. The number of unbranched alkanes of at least 4 members (excludes halogenated alkanes) is 8. The molecule has 0 aliphatic rings. The van der Waals surface area contributed by atoms with Crippen LogP contribution in [0, 0.1) is 17.8 Å². The fraction of sp³-hybridized carbons (Fsp3) is 0.833. The topological polar surface area (TPSA) is 149 Å². The van der Waals surface area contributed by atoms with Crippen molar-refractivity contribution in [2.24, 2.45) is 17.8 Å². The predicted molar refractivity (Wildman–Crippen MR) is 123 cm³/mol. The lowest BCUT2D eigenvalue weighted by molar-refractivity contribution is -0.155. The van der Waals surface area contributed by atoms with Crippen LogP contribution < -0.4 is 0 Å². The van der Waals surface area contributed by atoms with Crippen LogP contribution in [0.15, 0.2) is 0 Å². The van der Waals surface area contributed by atoms with E-state index in [1.165, 1.54) is 25.7 Å². The van der Waals surface area contributed by atoms with Crippen LogP contribution in [0.4, 0.5) is 0 Å². The van der Waals surface area contributed by atoms with Crippen LogP contribution >= 0.6 is 0 Å². The van der Waals surface area contributed by atoms with Gasteiger partial charge >= 0.3 is 23.9 Å². The fourth-order valence-electron chi connectivity index (χ4n) is 3.50. The molecule has 2 unspecified atom stereocenters. The summed E-state index contributed by atoms with van der Waals surface area (Å²) in [5, 5.41) is 35.4. The maximum Gasteiger partial charge on any atom is 0.317 e. The fourth-order valence-corrected chi connectivity index (χ4v) is 3.50. The largest absolute Gasteiger partial charge is 0.481 e. The monoisotopic (exact) mass is 460 g/mol. The summed E-state index contributed by atoms with van der Waals surface area (Å²) >= 11 is 0. The van der Waals surface area contributed by atoms with E-state index in [0.29, 0.717) is 19.3 Å². The van der Waals surface area contributed by atoms with Crippen molar-refractivity contribution in [3.63, 3.8) is 0 Å². The zero-order valence-corrected chi connectivity index (χ0v) is 20.1. The molecular weight excluding hydrogens is 416 g/mol. The Bertz CT molecular complexity index is 494. The highest BCUT2D eigenvalue weighted by molar-refractivity contribution is 5.92. The molecule has 8 nitrogen and oxygen atoms in total. The second kappa shape index (κ2) is 20.8. The molecule has 0 heterocycles. The Labute approximate surface area is 192 Å². The van der Waals surface area contributed by atoms with E-state index in [-0.39, 0.29) is 6.42 Å². The third kappa shape index (κ3) is 16.6. The van der Waals surface area contributed by atoms with Crippen molar-refractivity contribution >= 4 is 23.9 Å². The standard InChI is InChI=1S/2C12H22O4/c1-3-5-7-9(11(13)14)10(12(15)16)8-6-4-2;1-2-3-4-5-6-7-8-9-10(11(13)14)12(15)16/h9-10H,3-8H2,1-2H3,(H,13,14)(H,15,16);10H,2-9H2,1H3,(H,13,14)(H,15,16). The van der Waals surface area contributed by atoms with Crippen molar-refractivity contribution in [2.75, 3.05) is 0 Å². The first-order valence-corrected chi connectivity index (χ1v) is 12.0. The smallest absolute Gasteiger partial charge is 0.317 e. The Balaban J connectivity index is 0. The van der Waals surface area contributed by atoms with E-state index in [2.05, 4.69) is 6.92 Å². The third-order valence-corrected chi connectivity index (χ3v) is 5.55.